The predicted molar refractivity (Wildman–Crippen MR) is 96.7 cm³/mol. The van der Waals surface area contributed by atoms with Crippen molar-refractivity contribution in [2.24, 2.45) is 0 Å². The highest BCUT2D eigenvalue weighted by molar-refractivity contribution is 7.89. The van der Waals surface area contributed by atoms with E-state index in [0.717, 1.165) is 37.8 Å². The molecule has 2 aliphatic rings. The first-order valence-corrected chi connectivity index (χ1v) is 10.7. The normalized spacial score (nSPS) is 20.9. The van der Waals surface area contributed by atoms with Crippen LogP contribution in [0.3, 0.4) is 0 Å². The lowest BCUT2D eigenvalue weighted by Gasteiger charge is -2.34. The van der Waals surface area contributed by atoms with E-state index in [1.165, 1.54) is 16.4 Å². The number of nitrogens with zero attached hydrogens (tertiary/aromatic N) is 1. The van der Waals surface area contributed by atoms with E-state index in [4.69, 9.17) is 0 Å². The lowest BCUT2D eigenvalue weighted by molar-refractivity contribution is -0.139. The van der Waals surface area contributed by atoms with Gasteiger partial charge in [-0.1, -0.05) is 6.42 Å². The molecule has 1 aliphatic heterocycles. The van der Waals surface area contributed by atoms with Gasteiger partial charge in [0.15, 0.2) is 0 Å². The summed E-state index contributed by atoms with van der Waals surface area (Å²) in [6.45, 7) is 0.609. The van der Waals surface area contributed by atoms with Crippen LogP contribution in [0.15, 0.2) is 29.2 Å². The Hall–Kier alpha value is -2.00. The van der Waals surface area contributed by atoms with Crippen LogP contribution in [-0.2, 0) is 19.6 Å². The minimum Gasteiger partial charge on any atom is -0.348 e. The number of sulfonamides is 1. The number of nitrogens with one attached hydrogen (secondary N) is 2. The lowest BCUT2D eigenvalue weighted by atomic mass is 10.0. The molecule has 0 spiro atoms. The molecule has 1 saturated heterocycles. The second-order valence-corrected chi connectivity index (χ2v) is 8.90. The third-order valence-corrected chi connectivity index (χ3v) is 6.84. The molecule has 1 heterocycles. The maximum absolute atomic E-state index is 13.1. The first-order chi connectivity index (χ1) is 12.9. The number of carbonyl (C=O) groups is 2. The van der Waals surface area contributed by atoms with Gasteiger partial charge in [-0.2, -0.15) is 4.31 Å². The van der Waals surface area contributed by atoms with Crippen molar-refractivity contribution >= 4 is 21.8 Å². The summed E-state index contributed by atoms with van der Waals surface area (Å²) in [6, 6.07) is 4.63. The van der Waals surface area contributed by atoms with Gasteiger partial charge >= 0.3 is 11.8 Å². The van der Waals surface area contributed by atoms with Crippen molar-refractivity contribution in [1.29, 1.82) is 0 Å². The molecule has 2 fully saturated rings. The highest BCUT2D eigenvalue weighted by Crippen LogP contribution is 2.27. The van der Waals surface area contributed by atoms with Crippen LogP contribution in [0.25, 0.3) is 0 Å². The van der Waals surface area contributed by atoms with Gasteiger partial charge in [-0.25, -0.2) is 12.8 Å². The van der Waals surface area contributed by atoms with Gasteiger partial charge in [0, 0.05) is 25.2 Å². The fourth-order valence-corrected chi connectivity index (χ4v) is 4.96. The largest absolute Gasteiger partial charge is 0.348 e. The molecule has 1 saturated carbocycles. The van der Waals surface area contributed by atoms with Crippen LogP contribution in [0.5, 0.6) is 0 Å². The molecular weight excluding hydrogens is 373 g/mol. The highest BCUT2D eigenvalue weighted by atomic mass is 32.2. The average Bonchev–Trinajstić information content (AvgIpc) is 3.46. The summed E-state index contributed by atoms with van der Waals surface area (Å²) >= 11 is 0. The maximum Gasteiger partial charge on any atom is 0.309 e. The monoisotopic (exact) mass is 397 g/mol. The molecule has 3 rings (SSSR count). The Morgan fingerprint density at radius 2 is 1.78 bits per heavy atom. The van der Waals surface area contributed by atoms with Crippen molar-refractivity contribution in [3.63, 3.8) is 0 Å². The number of piperidine rings is 1. The first kappa shape index (κ1) is 19.8. The molecule has 9 heteroatoms. The number of hydrogen-bond acceptors (Lipinski definition) is 4. The summed E-state index contributed by atoms with van der Waals surface area (Å²) in [5.74, 6) is -1.82. The van der Waals surface area contributed by atoms with Crippen molar-refractivity contribution in [1.82, 2.24) is 14.9 Å². The Kier molecular flexibility index (Phi) is 6.11. The minimum absolute atomic E-state index is 0.0589. The molecule has 1 aromatic rings. The Labute approximate surface area is 158 Å². The zero-order chi connectivity index (χ0) is 19.4. The van der Waals surface area contributed by atoms with Crippen LogP contribution < -0.4 is 10.6 Å². The number of benzene rings is 1. The van der Waals surface area contributed by atoms with Crippen LogP contribution >= 0.6 is 0 Å². The van der Waals surface area contributed by atoms with Gasteiger partial charge in [0.05, 0.1) is 4.90 Å². The third kappa shape index (κ3) is 5.04. The Balaban J connectivity index is 1.58. The summed E-state index contributed by atoms with van der Waals surface area (Å²) in [7, 11) is -3.73. The molecule has 27 heavy (non-hydrogen) atoms. The number of rotatable bonds is 6. The van der Waals surface area contributed by atoms with Gasteiger partial charge in [0.1, 0.15) is 5.82 Å². The van der Waals surface area contributed by atoms with Gasteiger partial charge in [-0.15, -0.1) is 0 Å². The van der Waals surface area contributed by atoms with Gasteiger partial charge in [-0.05, 0) is 56.4 Å². The molecule has 148 valence electrons. The number of carbonyl (C=O) groups excluding carboxylic acids is 2. The fraction of sp³-hybridized carbons (Fsp3) is 0.556. The van der Waals surface area contributed by atoms with E-state index < -0.39 is 27.7 Å². The fourth-order valence-electron chi connectivity index (χ4n) is 3.23. The number of hydrogen-bond donors (Lipinski definition) is 2. The van der Waals surface area contributed by atoms with Crippen LogP contribution in [0.2, 0.25) is 0 Å². The molecule has 1 atom stereocenters. The van der Waals surface area contributed by atoms with Crippen molar-refractivity contribution in [3.8, 4) is 0 Å². The summed E-state index contributed by atoms with van der Waals surface area (Å²) in [5, 5.41) is 5.17. The van der Waals surface area contributed by atoms with Crippen LogP contribution in [0.4, 0.5) is 4.39 Å². The summed E-state index contributed by atoms with van der Waals surface area (Å²) in [6.07, 6.45) is 4.56. The van der Waals surface area contributed by atoms with Gasteiger partial charge in [0.2, 0.25) is 10.0 Å². The topological polar surface area (TPSA) is 95.6 Å². The highest BCUT2D eigenvalue weighted by Gasteiger charge is 2.33. The maximum atomic E-state index is 13.1. The Morgan fingerprint density at radius 3 is 2.44 bits per heavy atom. The summed E-state index contributed by atoms with van der Waals surface area (Å²) in [4.78, 5) is 23.5. The molecule has 2 amide bonds. The Morgan fingerprint density at radius 1 is 1.07 bits per heavy atom. The summed E-state index contributed by atoms with van der Waals surface area (Å²) < 4.78 is 40.3. The van der Waals surface area contributed by atoms with Gasteiger partial charge in [0.25, 0.3) is 0 Å². The van der Waals surface area contributed by atoms with E-state index in [9.17, 15) is 22.4 Å². The lowest BCUT2D eigenvalue weighted by Crippen LogP contribution is -2.46. The van der Waals surface area contributed by atoms with Crippen molar-refractivity contribution in [3.05, 3.63) is 30.1 Å². The second-order valence-electron chi connectivity index (χ2n) is 7.01. The van der Waals surface area contributed by atoms with E-state index in [2.05, 4.69) is 10.6 Å². The predicted octanol–water partition coefficient (Wildman–Crippen LogP) is 1.15. The SMILES string of the molecule is O=C(NCC[C@H]1CCCCN1S(=O)(=O)c1ccc(F)cc1)C(=O)NC1CC1. The van der Waals surface area contributed by atoms with Crippen LogP contribution in [-0.4, -0.2) is 49.7 Å². The standard InChI is InChI=1S/C18H24FN3O4S/c19-13-4-8-16(9-5-13)27(25,26)22-12-2-1-3-15(22)10-11-20-17(23)18(24)21-14-6-7-14/h4-5,8-9,14-15H,1-3,6-7,10-12H2,(H,20,23)(H,21,24)/t15-/m1/s1. The molecule has 7 nitrogen and oxygen atoms in total. The minimum atomic E-state index is -3.73. The second kappa shape index (κ2) is 8.35. The molecular formula is C18H24FN3O4S. The molecule has 0 unspecified atom stereocenters. The molecule has 1 aliphatic carbocycles. The molecule has 0 radical (unpaired) electrons. The quantitative estimate of drug-likeness (QED) is 0.704. The third-order valence-electron chi connectivity index (χ3n) is 4.88. The zero-order valence-electron chi connectivity index (χ0n) is 15.0. The molecule has 0 bridgehead atoms. The van der Waals surface area contributed by atoms with E-state index >= 15 is 0 Å². The molecule has 2 N–H and O–H groups in total. The summed E-state index contributed by atoms with van der Waals surface area (Å²) in [5.41, 5.74) is 0. The van der Waals surface area contributed by atoms with E-state index in [-0.39, 0.29) is 23.5 Å². The molecule has 0 aromatic heterocycles. The van der Waals surface area contributed by atoms with Crippen molar-refractivity contribution < 1.29 is 22.4 Å². The average molecular weight is 397 g/mol. The van der Waals surface area contributed by atoms with E-state index in [1.54, 1.807) is 0 Å². The van der Waals surface area contributed by atoms with Crippen LogP contribution in [0, 0.1) is 5.82 Å². The smallest absolute Gasteiger partial charge is 0.309 e. The zero-order valence-corrected chi connectivity index (χ0v) is 15.8. The van der Waals surface area contributed by atoms with Crippen molar-refractivity contribution in [2.75, 3.05) is 13.1 Å². The van der Waals surface area contributed by atoms with E-state index in [0.29, 0.717) is 19.4 Å². The molecule has 1 aromatic carbocycles. The number of amides is 2. The number of halogens is 1. The van der Waals surface area contributed by atoms with Gasteiger partial charge < -0.3 is 10.6 Å². The van der Waals surface area contributed by atoms with Crippen LogP contribution in [0.1, 0.15) is 38.5 Å². The van der Waals surface area contributed by atoms with Crippen molar-refractivity contribution in [2.45, 2.75) is 55.5 Å². The Bertz CT molecular complexity index is 793. The first-order valence-electron chi connectivity index (χ1n) is 9.24. The van der Waals surface area contributed by atoms with Gasteiger partial charge in [-0.3, -0.25) is 9.59 Å². The van der Waals surface area contributed by atoms with E-state index in [1.807, 2.05) is 0 Å².